The molecule has 1 fully saturated rings. The monoisotopic (exact) mass is 296 g/mol. The molecule has 2 N–H and O–H groups in total. The molecule has 2 atom stereocenters. The Balaban J connectivity index is 1.69. The molecule has 1 saturated heterocycles. The Bertz CT molecular complexity index is 449. The number of carboxylic acids is 1. The molecule has 0 aromatic carbocycles. The second kappa shape index (κ2) is 8.09. The summed E-state index contributed by atoms with van der Waals surface area (Å²) in [6, 6.07) is -0.373. The third-order valence-electron chi connectivity index (χ3n) is 3.98. The minimum absolute atomic E-state index is 0.373. The average Bonchev–Trinajstić information content (AvgIpc) is 2.75. The number of nitrogens with zero attached hydrogens (tertiary/aromatic N) is 3. The molecule has 2 rings (SSSR count). The van der Waals surface area contributed by atoms with E-state index in [1.807, 2.05) is 10.9 Å². The predicted molar refractivity (Wildman–Crippen MR) is 76.7 cm³/mol. The van der Waals surface area contributed by atoms with Gasteiger partial charge in [-0.1, -0.05) is 5.21 Å². The summed E-state index contributed by atoms with van der Waals surface area (Å²) in [4.78, 5) is 11.0. The minimum Gasteiger partial charge on any atom is -0.480 e. The minimum atomic E-state index is -0.732. The second-order valence-corrected chi connectivity index (χ2v) is 5.63. The van der Waals surface area contributed by atoms with Crippen LogP contribution in [0.25, 0.3) is 0 Å². The Labute approximate surface area is 124 Å². The van der Waals surface area contributed by atoms with Gasteiger partial charge in [0.1, 0.15) is 11.7 Å². The van der Waals surface area contributed by atoms with Crippen LogP contribution in [0.3, 0.4) is 0 Å². The van der Waals surface area contributed by atoms with Crippen LogP contribution in [-0.2, 0) is 22.7 Å². The van der Waals surface area contributed by atoms with Crippen LogP contribution in [0.5, 0.6) is 0 Å². The van der Waals surface area contributed by atoms with Crippen molar-refractivity contribution in [2.75, 3.05) is 13.7 Å². The Morgan fingerprint density at radius 1 is 1.52 bits per heavy atom. The number of aromatic nitrogens is 3. The van der Waals surface area contributed by atoms with E-state index in [1.165, 1.54) is 0 Å². The molecule has 2 unspecified atom stereocenters. The fourth-order valence-corrected chi connectivity index (χ4v) is 2.81. The van der Waals surface area contributed by atoms with Gasteiger partial charge in [0.05, 0.1) is 12.8 Å². The van der Waals surface area contributed by atoms with Crippen LogP contribution in [0.15, 0.2) is 6.20 Å². The largest absolute Gasteiger partial charge is 0.480 e. The zero-order chi connectivity index (χ0) is 15.1. The lowest BCUT2D eigenvalue weighted by atomic mass is 9.94. The first-order chi connectivity index (χ1) is 10.2. The number of aryl methyl sites for hydroxylation is 1. The number of carboxylic acid groups (broad SMARTS) is 1. The van der Waals surface area contributed by atoms with Crippen LogP contribution < -0.4 is 5.32 Å². The van der Waals surface area contributed by atoms with Crippen LogP contribution in [-0.4, -0.2) is 45.8 Å². The van der Waals surface area contributed by atoms with Crippen LogP contribution in [0, 0.1) is 5.92 Å². The molecule has 0 amide bonds. The van der Waals surface area contributed by atoms with Gasteiger partial charge in [-0.2, -0.15) is 0 Å². The maximum Gasteiger partial charge on any atom is 0.320 e. The van der Waals surface area contributed by atoms with Crippen molar-refractivity contribution < 1.29 is 14.6 Å². The van der Waals surface area contributed by atoms with Crippen LogP contribution in [0.1, 0.15) is 37.8 Å². The number of methoxy groups -OCH3 is 1. The molecule has 0 spiro atoms. The van der Waals surface area contributed by atoms with Crippen molar-refractivity contribution in [1.82, 2.24) is 20.3 Å². The van der Waals surface area contributed by atoms with Crippen LogP contribution in [0.2, 0.25) is 0 Å². The highest BCUT2D eigenvalue weighted by molar-refractivity contribution is 5.73. The van der Waals surface area contributed by atoms with Gasteiger partial charge in [0.25, 0.3) is 0 Å². The molecule has 7 heteroatoms. The highest BCUT2D eigenvalue weighted by Gasteiger charge is 2.22. The Morgan fingerprint density at radius 3 is 3.14 bits per heavy atom. The van der Waals surface area contributed by atoms with Crippen LogP contribution >= 0.6 is 0 Å². The van der Waals surface area contributed by atoms with Gasteiger partial charge in [-0.3, -0.25) is 9.48 Å². The third kappa shape index (κ3) is 5.09. The van der Waals surface area contributed by atoms with E-state index in [0.717, 1.165) is 50.9 Å². The summed E-state index contributed by atoms with van der Waals surface area (Å²) < 4.78 is 6.86. The maximum atomic E-state index is 11.0. The quantitative estimate of drug-likeness (QED) is 0.781. The smallest absolute Gasteiger partial charge is 0.320 e. The van der Waals surface area contributed by atoms with Gasteiger partial charge in [-0.25, -0.2) is 0 Å². The summed E-state index contributed by atoms with van der Waals surface area (Å²) in [5.74, 6) is -0.132. The van der Waals surface area contributed by atoms with Crippen molar-refractivity contribution in [1.29, 1.82) is 0 Å². The molecular weight excluding hydrogens is 272 g/mol. The fourth-order valence-electron chi connectivity index (χ4n) is 2.81. The summed E-state index contributed by atoms with van der Waals surface area (Å²) >= 11 is 0. The normalized spacial score (nSPS) is 22.9. The van der Waals surface area contributed by atoms with Gasteiger partial charge >= 0.3 is 5.97 Å². The van der Waals surface area contributed by atoms with Crippen molar-refractivity contribution >= 4 is 5.97 Å². The lowest BCUT2D eigenvalue weighted by Gasteiger charge is -2.13. The molecule has 0 aliphatic carbocycles. The SMILES string of the molecule is COCc1cn(CCCC2CCNC(C(=O)O)CC2)nn1. The van der Waals surface area contributed by atoms with E-state index in [4.69, 9.17) is 9.84 Å². The van der Waals surface area contributed by atoms with E-state index in [-0.39, 0.29) is 6.04 Å². The molecule has 0 saturated carbocycles. The summed E-state index contributed by atoms with van der Waals surface area (Å²) in [6.45, 7) is 2.14. The summed E-state index contributed by atoms with van der Waals surface area (Å²) in [7, 11) is 1.64. The van der Waals surface area contributed by atoms with Crippen LogP contribution in [0.4, 0.5) is 0 Å². The molecule has 0 radical (unpaired) electrons. The highest BCUT2D eigenvalue weighted by Crippen LogP contribution is 2.21. The Hall–Kier alpha value is -1.47. The number of hydrogen-bond donors (Lipinski definition) is 2. The predicted octanol–water partition coefficient (Wildman–Crippen LogP) is 1.05. The van der Waals surface area contributed by atoms with E-state index in [0.29, 0.717) is 12.5 Å². The van der Waals surface area contributed by atoms with E-state index < -0.39 is 5.97 Å². The number of carbonyl (C=O) groups is 1. The molecule has 1 aliphatic rings. The molecule has 2 heterocycles. The number of hydrogen-bond acceptors (Lipinski definition) is 5. The van der Waals surface area contributed by atoms with E-state index in [9.17, 15) is 4.79 Å². The fraction of sp³-hybridized carbons (Fsp3) is 0.786. The number of ether oxygens (including phenoxy) is 1. The molecule has 118 valence electrons. The molecule has 1 aliphatic heterocycles. The maximum absolute atomic E-state index is 11.0. The summed E-state index contributed by atoms with van der Waals surface area (Å²) in [6.07, 6.45) is 6.82. The Morgan fingerprint density at radius 2 is 2.38 bits per heavy atom. The first-order valence-corrected chi connectivity index (χ1v) is 7.53. The van der Waals surface area contributed by atoms with Gasteiger partial charge < -0.3 is 15.2 Å². The van der Waals surface area contributed by atoms with Gasteiger partial charge in [0, 0.05) is 13.7 Å². The van der Waals surface area contributed by atoms with Gasteiger partial charge in [0.15, 0.2) is 0 Å². The highest BCUT2D eigenvalue weighted by atomic mass is 16.5. The zero-order valence-electron chi connectivity index (χ0n) is 12.5. The van der Waals surface area contributed by atoms with Gasteiger partial charge in [-0.15, -0.1) is 5.10 Å². The van der Waals surface area contributed by atoms with Crippen molar-refractivity contribution in [3.8, 4) is 0 Å². The average molecular weight is 296 g/mol. The Kier molecular flexibility index (Phi) is 6.13. The third-order valence-corrected chi connectivity index (χ3v) is 3.98. The second-order valence-electron chi connectivity index (χ2n) is 5.63. The molecule has 7 nitrogen and oxygen atoms in total. The van der Waals surface area contributed by atoms with E-state index >= 15 is 0 Å². The van der Waals surface area contributed by atoms with Gasteiger partial charge in [0.2, 0.25) is 0 Å². The molecular formula is C14H24N4O3. The van der Waals surface area contributed by atoms with Crippen molar-refractivity contribution in [3.63, 3.8) is 0 Å². The standard InChI is InChI=1S/C14H24N4O3/c1-21-10-12-9-18(17-16-12)8-2-3-11-4-5-13(14(19)20)15-7-6-11/h9,11,13,15H,2-8,10H2,1H3,(H,19,20). The lowest BCUT2D eigenvalue weighted by molar-refractivity contribution is -0.139. The molecule has 1 aromatic heterocycles. The number of aliphatic carboxylic acids is 1. The molecule has 0 bridgehead atoms. The van der Waals surface area contributed by atoms with E-state index in [2.05, 4.69) is 15.6 Å². The number of nitrogens with one attached hydrogen (secondary N) is 1. The van der Waals surface area contributed by atoms with Crippen molar-refractivity contribution in [2.24, 2.45) is 5.92 Å². The summed E-state index contributed by atoms with van der Waals surface area (Å²) in [5, 5.41) is 20.2. The molecule has 21 heavy (non-hydrogen) atoms. The lowest BCUT2D eigenvalue weighted by Crippen LogP contribution is -2.35. The van der Waals surface area contributed by atoms with Crippen molar-refractivity contribution in [3.05, 3.63) is 11.9 Å². The topological polar surface area (TPSA) is 89.3 Å². The first-order valence-electron chi connectivity index (χ1n) is 7.53. The number of rotatable bonds is 7. The van der Waals surface area contributed by atoms with E-state index in [1.54, 1.807) is 7.11 Å². The molecule has 1 aromatic rings. The first kappa shape index (κ1) is 15.9. The summed E-state index contributed by atoms with van der Waals surface area (Å²) in [5.41, 5.74) is 0.848. The van der Waals surface area contributed by atoms with Gasteiger partial charge in [-0.05, 0) is 44.6 Å². The zero-order valence-corrected chi connectivity index (χ0v) is 12.5. The van der Waals surface area contributed by atoms with Crippen molar-refractivity contribution in [2.45, 2.75) is 51.3 Å².